The van der Waals surface area contributed by atoms with Crippen molar-refractivity contribution in [3.8, 4) is 11.6 Å². The monoisotopic (exact) mass is 447 g/mol. The topological polar surface area (TPSA) is 89.3 Å². The second kappa shape index (κ2) is 8.81. The van der Waals surface area contributed by atoms with Gasteiger partial charge in [0.2, 0.25) is 12.3 Å². The molecule has 0 spiro atoms. The molecule has 3 aromatic rings. The summed E-state index contributed by atoms with van der Waals surface area (Å²) in [5.74, 6) is 0.230. The maximum atomic E-state index is 12.4. The van der Waals surface area contributed by atoms with Gasteiger partial charge in [0.15, 0.2) is 6.61 Å². The number of amides is 1. The first-order chi connectivity index (χ1) is 15.4. The van der Waals surface area contributed by atoms with Gasteiger partial charge in [0.1, 0.15) is 17.8 Å². The van der Waals surface area contributed by atoms with Crippen LogP contribution in [0, 0.1) is 6.92 Å². The Morgan fingerprint density at radius 1 is 1.19 bits per heavy atom. The van der Waals surface area contributed by atoms with E-state index in [1.165, 1.54) is 6.07 Å². The Hall–Kier alpha value is -3.70. The minimum atomic E-state index is -4.46. The molecule has 0 saturated carbocycles. The number of aromatic nitrogens is 5. The Labute approximate surface area is 181 Å². The van der Waals surface area contributed by atoms with Gasteiger partial charge < -0.3 is 14.5 Å². The van der Waals surface area contributed by atoms with Crippen molar-refractivity contribution in [2.24, 2.45) is 0 Å². The van der Waals surface area contributed by atoms with Gasteiger partial charge in [-0.3, -0.25) is 4.79 Å². The van der Waals surface area contributed by atoms with Crippen molar-refractivity contribution < 1.29 is 22.7 Å². The predicted octanol–water partition coefficient (Wildman–Crippen LogP) is 2.33. The molecule has 1 aliphatic heterocycles. The van der Waals surface area contributed by atoms with Crippen LogP contribution in [0.5, 0.6) is 5.88 Å². The molecular formula is C20H20F3N7O2. The second-order valence-corrected chi connectivity index (χ2v) is 7.23. The summed E-state index contributed by atoms with van der Waals surface area (Å²) in [4.78, 5) is 23.1. The third-order valence-electron chi connectivity index (χ3n) is 5.14. The number of alkyl halides is 3. The van der Waals surface area contributed by atoms with Crippen molar-refractivity contribution in [1.29, 1.82) is 0 Å². The number of hydrogen-bond donors (Lipinski definition) is 0. The van der Waals surface area contributed by atoms with Crippen LogP contribution in [-0.2, 0) is 4.79 Å². The van der Waals surface area contributed by atoms with Gasteiger partial charge in [-0.05, 0) is 19.1 Å². The lowest BCUT2D eigenvalue weighted by molar-refractivity contribution is -0.154. The molecule has 0 N–H and O–H groups in total. The van der Waals surface area contributed by atoms with E-state index in [9.17, 15) is 18.0 Å². The molecule has 1 saturated heterocycles. The van der Waals surface area contributed by atoms with Gasteiger partial charge in [-0.1, -0.05) is 23.4 Å². The fraction of sp³-hybridized carbons (Fsp3) is 0.350. The summed E-state index contributed by atoms with van der Waals surface area (Å²) in [6.45, 7) is 1.60. The van der Waals surface area contributed by atoms with E-state index in [4.69, 9.17) is 4.74 Å². The zero-order chi connectivity index (χ0) is 22.7. The summed E-state index contributed by atoms with van der Waals surface area (Å²) < 4.78 is 43.8. The zero-order valence-corrected chi connectivity index (χ0v) is 17.1. The van der Waals surface area contributed by atoms with Gasteiger partial charge in [0.05, 0.1) is 17.4 Å². The molecule has 1 aromatic carbocycles. The molecule has 0 bridgehead atoms. The summed E-state index contributed by atoms with van der Waals surface area (Å²) >= 11 is 0. The van der Waals surface area contributed by atoms with Crippen LogP contribution in [0.25, 0.3) is 5.69 Å². The number of benzene rings is 1. The SMILES string of the molecule is Cc1c(C2CN(c3cc(OCC(F)(F)F)ncn3)CCN2C=O)nnn1-c1ccccc1. The van der Waals surface area contributed by atoms with Crippen LogP contribution in [0.4, 0.5) is 19.0 Å². The number of carbonyl (C=O) groups is 1. The van der Waals surface area contributed by atoms with Crippen LogP contribution >= 0.6 is 0 Å². The van der Waals surface area contributed by atoms with Crippen LogP contribution in [0.3, 0.4) is 0 Å². The first-order valence-electron chi connectivity index (χ1n) is 9.81. The minimum Gasteiger partial charge on any atom is -0.468 e. The number of ether oxygens (including phenoxy) is 1. The summed E-state index contributed by atoms with van der Waals surface area (Å²) in [6.07, 6.45) is -2.55. The van der Waals surface area contributed by atoms with Crippen LogP contribution in [0.1, 0.15) is 17.4 Å². The first-order valence-corrected chi connectivity index (χ1v) is 9.81. The van der Waals surface area contributed by atoms with Gasteiger partial charge in [-0.15, -0.1) is 5.10 Å². The lowest BCUT2D eigenvalue weighted by Crippen LogP contribution is -2.48. The van der Waals surface area contributed by atoms with E-state index in [2.05, 4.69) is 20.3 Å². The van der Waals surface area contributed by atoms with Crippen molar-refractivity contribution in [2.45, 2.75) is 19.1 Å². The standard InChI is InChI=1S/C20H20F3N7O2/c1-14-19(26-27-30(14)15-5-3-2-4-6-15)16-10-28(7-8-29(16)13-31)17-9-18(25-12-24-17)32-11-20(21,22)23/h2-6,9,12-13,16H,7-8,10-11H2,1H3. The van der Waals surface area contributed by atoms with Crippen LogP contribution in [0.15, 0.2) is 42.7 Å². The Morgan fingerprint density at radius 2 is 1.97 bits per heavy atom. The van der Waals surface area contributed by atoms with Gasteiger partial charge in [0.25, 0.3) is 0 Å². The van der Waals surface area contributed by atoms with E-state index in [-0.39, 0.29) is 5.88 Å². The number of para-hydroxylation sites is 1. The number of hydrogen-bond acceptors (Lipinski definition) is 7. The van der Waals surface area contributed by atoms with E-state index < -0.39 is 18.8 Å². The molecule has 4 rings (SSSR count). The molecule has 1 amide bonds. The smallest absolute Gasteiger partial charge is 0.422 e. The van der Waals surface area contributed by atoms with Crippen LogP contribution in [-0.4, -0.2) is 68.7 Å². The van der Waals surface area contributed by atoms with E-state index in [1.54, 1.807) is 9.58 Å². The number of halogens is 3. The fourth-order valence-corrected chi connectivity index (χ4v) is 3.58. The van der Waals surface area contributed by atoms with E-state index in [0.29, 0.717) is 31.1 Å². The average molecular weight is 447 g/mol. The molecule has 2 aromatic heterocycles. The molecule has 1 unspecified atom stereocenters. The Balaban J connectivity index is 1.57. The van der Waals surface area contributed by atoms with Gasteiger partial charge in [0, 0.05) is 25.7 Å². The Kier molecular flexibility index (Phi) is 5.93. The first kappa shape index (κ1) is 21.5. The Bertz CT molecular complexity index is 1070. The lowest BCUT2D eigenvalue weighted by Gasteiger charge is -2.39. The molecular weight excluding hydrogens is 427 g/mol. The maximum Gasteiger partial charge on any atom is 0.422 e. The third kappa shape index (κ3) is 4.63. The van der Waals surface area contributed by atoms with Gasteiger partial charge >= 0.3 is 6.18 Å². The third-order valence-corrected chi connectivity index (χ3v) is 5.14. The highest BCUT2D eigenvalue weighted by molar-refractivity contribution is 5.52. The highest BCUT2D eigenvalue weighted by atomic mass is 19.4. The molecule has 1 aliphatic rings. The number of piperazine rings is 1. The molecule has 9 nitrogen and oxygen atoms in total. The molecule has 1 fully saturated rings. The number of nitrogens with zero attached hydrogens (tertiary/aromatic N) is 7. The number of carbonyl (C=O) groups excluding carboxylic acids is 1. The lowest BCUT2D eigenvalue weighted by atomic mass is 10.1. The Morgan fingerprint density at radius 3 is 2.69 bits per heavy atom. The fourth-order valence-electron chi connectivity index (χ4n) is 3.58. The molecule has 3 heterocycles. The maximum absolute atomic E-state index is 12.4. The number of rotatable bonds is 6. The predicted molar refractivity (Wildman–Crippen MR) is 107 cm³/mol. The van der Waals surface area contributed by atoms with Crippen LogP contribution in [0.2, 0.25) is 0 Å². The minimum absolute atomic E-state index is 0.173. The van der Waals surface area contributed by atoms with Gasteiger partial charge in [-0.2, -0.15) is 13.2 Å². The summed E-state index contributed by atoms with van der Waals surface area (Å²) in [6, 6.07) is 10.4. The average Bonchev–Trinajstić information content (AvgIpc) is 3.18. The van der Waals surface area contributed by atoms with Crippen molar-refractivity contribution >= 4 is 12.2 Å². The summed E-state index contributed by atoms with van der Waals surface area (Å²) in [5, 5.41) is 8.56. The highest BCUT2D eigenvalue weighted by Gasteiger charge is 2.33. The second-order valence-electron chi connectivity index (χ2n) is 7.23. The molecule has 0 aliphatic carbocycles. The van der Waals surface area contributed by atoms with Gasteiger partial charge in [-0.25, -0.2) is 14.6 Å². The van der Waals surface area contributed by atoms with Crippen molar-refractivity contribution in [3.05, 3.63) is 54.1 Å². The van der Waals surface area contributed by atoms with Crippen molar-refractivity contribution in [3.63, 3.8) is 0 Å². The molecule has 12 heteroatoms. The molecule has 168 valence electrons. The largest absolute Gasteiger partial charge is 0.468 e. The zero-order valence-electron chi connectivity index (χ0n) is 17.1. The molecule has 0 radical (unpaired) electrons. The number of anilines is 1. The van der Waals surface area contributed by atoms with E-state index in [1.807, 2.05) is 42.2 Å². The molecule has 32 heavy (non-hydrogen) atoms. The molecule has 1 atom stereocenters. The van der Waals surface area contributed by atoms with Crippen molar-refractivity contribution in [1.82, 2.24) is 29.9 Å². The van der Waals surface area contributed by atoms with E-state index in [0.717, 1.165) is 24.1 Å². The van der Waals surface area contributed by atoms with Crippen molar-refractivity contribution in [2.75, 3.05) is 31.1 Å². The quantitative estimate of drug-likeness (QED) is 0.536. The highest BCUT2D eigenvalue weighted by Crippen LogP contribution is 2.29. The van der Waals surface area contributed by atoms with E-state index >= 15 is 0 Å². The normalized spacial score (nSPS) is 16.8. The summed E-state index contributed by atoms with van der Waals surface area (Å²) in [5.41, 5.74) is 2.26. The van der Waals surface area contributed by atoms with Crippen LogP contribution < -0.4 is 9.64 Å². The summed E-state index contributed by atoms with van der Waals surface area (Å²) in [7, 11) is 0.